The fraction of sp³-hybridized carbons (Fsp3) is 0.875. The molecule has 3 N–H and O–H groups in total. The van der Waals surface area contributed by atoms with Gasteiger partial charge in [0, 0.05) is 22.3 Å². The summed E-state index contributed by atoms with van der Waals surface area (Å²) >= 11 is 0. The summed E-state index contributed by atoms with van der Waals surface area (Å²) < 4.78 is 44.0. The summed E-state index contributed by atoms with van der Waals surface area (Å²) in [6.45, 7) is 2.94. The minimum atomic E-state index is -4.79. The number of amides is 1. The lowest BCUT2D eigenvalue weighted by atomic mass is 9.93. The van der Waals surface area contributed by atoms with Crippen LogP contribution in [0.1, 0.15) is 13.8 Å². The normalized spacial score (nSPS) is 34.9. The van der Waals surface area contributed by atoms with Crippen LogP contribution in [-0.2, 0) is 9.53 Å². The average Bonchev–Trinajstić information content (AvgIpc) is 2.06. The summed E-state index contributed by atoms with van der Waals surface area (Å²) in [5, 5.41) is 2.79. The zero-order valence-electron chi connectivity index (χ0n) is 9.31. The van der Waals surface area contributed by atoms with Gasteiger partial charge < -0.3 is 10.5 Å². The molecule has 1 fully saturated rings. The Kier molecular flexibility index (Phi) is 3.12. The molecule has 1 amide bonds. The van der Waals surface area contributed by atoms with Crippen molar-refractivity contribution in [3.05, 3.63) is 0 Å². The van der Waals surface area contributed by atoms with Crippen LogP contribution in [0.2, 0.25) is 5.54 Å². The van der Waals surface area contributed by atoms with E-state index in [0.29, 0.717) is 0 Å². The van der Waals surface area contributed by atoms with Gasteiger partial charge in [0.2, 0.25) is 5.60 Å². The van der Waals surface area contributed by atoms with Gasteiger partial charge in [-0.25, -0.2) is 0 Å². The standard InChI is InChI=1S/C8H15F3N2O2Si/c1-6(2)13-3-4(16)7(15-6,5(12)14)8(9,10)11/h4,13H,3H2,1-2,16H3,(H2,12,14)/t4?,7-/m0/s1. The smallest absolute Gasteiger partial charge is 0.367 e. The number of nitrogens with one attached hydrogen (secondary N) is 1. The number of hydrogen-bond acceptors (Lipinski definition) is 3. The molecule has 2 atom stereocenters. The van der Waals surface area contributed by atoms with Crippen LogP contribution in [0.3, 0.4) is 0 Å². The lowest BCUT2D eigenvalue weighted by Gasteiger charge is -2.48. The third-order valence-corrected chi connectivity index (χ3v) is 3.95. The molecule has 1 aliphatic heterocycles. The first kappa shape index (κ1) is 13.5. The van der Waals surface area contributed by atoms with Crippen LogP contribution in [-0.4, -0.2) is 40.2 Å². The molecule has 16 heavy (non-hydrogen) atoms. The van der Waals surface area contributed by atoms with Crippen molar-refractivity contribution in [2.45, 2.75) is 36.9 Å². The Labute approximate surface area is 94.1 Å². The van der Waals surface area contributed by atoms with Crippen molar-refractivity contribution in [3.63, 3.8) is 0 Å². The highest BCUT2D eigenvalue weighted by Crippen LogP contribution is 2.45. The van der Waals surface area contributed by atoms with E-state index in [1.807, 2.05) is 0 Å². The second kappa shape index (κ2) is 3.71. The number of carbonyl (C=O) groups excluding carboxylic acids is 1. The van der Waals surface area contributed by atoms with Gasteiger partial charge in [0.15, 0.2) is 0 Å². The molecule has 0 radical (unpaired) electrons. The fourth-order valence-electron chi connectivity index (χ4n) is 1.85. The highest BCUT2D eigenvalue weighted by molar-refractivity contribution is 6.15. The van der Waals surface area contributed by atoms with E-state index in [1.165, 1.54) is 13.8 Å². The fourth-order valence-corrected chi connectivity index (χ4v) is 2.79. The molecule has 0 aromatic heterocycles. The highest BCUT2D eigenvalue weighted by Gasteiger charge is 2.67. The number of ether oxygens (including phenoxy) is 1. The molecule has 0 aromatic carbocycles. The Hall–Kier alpha value is -0.603. The summed E-state index contributed by atoms with van der Waals surface area (Å²) in [4.78, 5) is 11.2. The summed E-state index contributed by atoms with van der Waals surface area (Å²) in [5.74, 6) is -1.46. The second-order valence-electron chi connectivity index (χ2n) is 4.49. The van der Waals surface area contributed by atoms with Gasteiger partial charge in [-0.2, -0.15) is 13.2 Å². The van der Waals surface area contributed by atoms with E-state index >= 15 is 0 Å². The highest BCUT2D eigenvalue weighted by atomic mass is 28.1. The predicted molar refractivity (Wildman–Crippen MR) is 54.8 cm³/mol. The van der Waals surface area contributed by atoms with E-state index in [-0.39, 0.29) is 16.8 Å². The Morgan fingerprint density at radius 3 is 2.38 bits per heavy atom. The van der Waals surface area contributed by atoms with Crippen molar-refractivity contribution in [1.29, 1.82) is 0 Å². The third kappa shape index (κ3) is 1.96. The molecule has 0 spiro atoms. The zero-order valence-corrected chi connectivity index (χ0v) is 11.3. The van der Waals surface area contributed by atoms with Crippen molar-refractivity contribution in [2.24, 2.45) is 5.73 Å². The maximum Gasteiger partial charge on any atom is 0.426 e. The number of carbonyl (C=O) groups is 1. The topological polar surface area (TPSA) is 64.3 Å². The zero-order chi connectivity index (χ0) is 12.8. The van der Waals surface area contributed by atoms with Crippen molar-refractivity contribution in [1.82, 2.24) is 5.32 Å². The van der Waals surface area contributed by atoms with Gasteiger partial charge in [-0.05, 0) is 13.8 Å². The van der Waals surface area contributed by atoms with Crippen LogP contribution in [0.4, 0.5) is 13.2 Å². The maximum atomic E-state index is 13.0. The Bertz CT molecular complexity index is 308. The molecular formula is C8H15F3N2O2Si. The van der Waals surface area contributed by atoms with Gasteiger partial charge in [-0.3, -0.25) is 10.1 Å². The number of nitrogens with two attached hydrogens (primary N) is 1. The number of rotatable bonds is 1. The molecule has 0 aliphatic carbocycles. The quantitative estimate of drug-likeness (QED) is 0.609. The molecule has 0 aromatic rings. The Morgan fingerprint density at radius 1 is 1.56 bits per heavy atom. The number of halogens is 3. The molecule has 1 saturated heterocycles. The SMILES string of the molecule is CC1(C)NCC([SiH3])[C@](C(N)=O)(C(F)(F)F)O1. The number of alkyl halides is 3. The Balaban J connectivity index is 3.22. The molecule has 1 unspecified atom stereocenters. The largest absolute Gasteiger partial charge is 0.426 e. The van der Waals surface area contributed by atoms with Crippen molar-refractivity contribution in [2.75, 3.05) is 6.54 Å². The first-order valence-corrected chi connectivity index (χ1v) is 6.00. The van der Waals surface area contributed by atoms with E-state index < -0.39 is 29.0 Å². The molecule has 4 nitrogen and oxygen atoms in total. The monoisotopic (exact) mass is 256 g/mol. The molecule has 0 saturated carbocycles. The van der Waals surface area contributed by atoms with Gasteiger partial charge in [-0.1, -0.05) is 0 Å². The molecule has 8 heteroatoms. The molecule has 1 heterocycles. The maximum absolute atomic E-state index is 13.0. The van der Waals surface area contributed by atoms with Crippen LogP contribution in [0.25, 0.3) is 0 Å². The lowest BCUT2D eigenvalue weighted by molar-refractivity contribution is -0.308. The molecule has 94 valence electrons. The first-order valence-electron chi connectivity index (χ1n) is 4.85. The van der Waals surface area contributed by atoms with Crippen LogP contribution in [0.5, 0.6) is 0 Å². The molecule has 0 bridgehead atoms. The van der Waals surface area contributed by atoms with E-state index in [9.17, 15) is 18.0 Å². The van der Waals surface area contributed by atoms with Gasteiger partial charge >= 0.3 is 6.18 Å². The average molecular weight is 256 g/mol. The molecular weight excluding hydrogens is 241 g/mol. The van der Waals surface area contributed by atoms with E-state index in [2.05, 4.69) is 5.32 Å². The van der Waals surface area contributed by atoms with Crippen LogP contribution < -0.4 is 11.1 Å². The molecule has 1 rings (SSSR count). The van der Waals surface area contributed by atoms with Gasteiger partial charge in [0.25, 0.3) is 5.91 Å². The van der Waals surface area contributed by atoms with Crippen molar-refractivity contribution < 1.29 is 22.7 Å². The molecule has 1 aliphatic rings. The lowest BCUT2D eigenvalue weighted by Crippen LogP contribution is -2.70. The van der Waals surface area contributed by atoms with Crippen LogP contribution in [0, 0.1) is 0 Å². The second-order valence-corrected chi connectivity index (χ2v) is 5.89. The summed E-state index contributed by atoms with van der Waals surface area (Å²) in [7, 11) is 0.157. The van der Waals surface area contributed by atoms with Crippen LogP contribution >= 0.6 is 0 Å². The van der Waals surface area contributed by atoms with Crippen molar-refractivity contribution >= 4 is 16.1 Å². The van der Waals surface area contributed by atoms with E-state index in [1.54, 1.807) is 0 Å². The van der Waals surface area contributed by atoms with E-state index in [4.69, 9.17) is 10.5 Å². The Morgan fingerprint density at radius 2 is 2.06 bits per heavy atom. The van der Waals surface area contributed by atoms with E-state index in [0.717, 1.165) is 0 Å². The van der Waals surface area contributed by atoms with Gasteiger partial charge in [0.05, 0.1) is 0 Å². The summed E-state index contributed by atoms with van der Waals surface area (Å²) in [6, 6.07) is 0. The number of primary amides is 1. The van der Waals surface area contributed by atoms with Crippen LogP contribution in [0.15, 0.2) is 0 Å². The summed E-state index contributed by atoms with van der Waals surface area (Å²) in [5.41, 5.74) is -0.0920. The predicted octanol–water partition coefficient (Wildman–Crippen LogP) is -0.717. The first-order chi connectivity index (χ1) is 7.03. The summed E-state index contributed by atoms with van der Waals surface area (Å²) in [6.07, 6.45) is -4.79. The third-order valence-electron chi connectivity index (χ3n) is 2.73. The minimum absolute atomic E-state index is 0.0711. The van der Waals surface area contributed by atoms with Crippen molar-refractivity contribution in [3.8, 4) is 0 Å². The number of hydrogen-bond donors (Lipinski definition) is 2. The van der Waals surface area contributed by atoms with Gasteiger partial charge in [-0.15, -0.1) is 0 Å². The minimum Gasteiger partial charge on any atom is -0.367 e. The van der Waals surface area contributed by atoms with Gasteiger partial charge in [0.1, 0.15) is 5.72 Å².